The van der Waals surface area contributed by atoms with E-state index in [0.717, 1.165) is 12.0 Å². The molecule has 0 aromatic heterocycles. The van der Waals surface area contributed by atoms with E-state index < -0.39 is 15.4 Å². The molecule has 140 valence electrons. The predicted molar refractivity (Wildman–Crippen MR) is 97.2 cm³/mol. The maximum absolute atomic E-state index is 13.1. The van der Waals surface area contributed by atoms with Crippen molar-refractivity contribution in [2.24, 2.45) is 5.41 Å². The summed E-state index contributed by atoms with van der Waals surface area (Å²) in [5.74, 6) is 0.403. The normalized spacial score (nSPS) is 16.8. The van der Waals surface area contributed by atoms with Crippen LogP contribution in [0.15, 0.2) is 23.1 Å². The van der Waals surface area contributed by atoms with Gasteiger partial charge in [0.1, 0.15) is 10.6 Å². The van der Waals surface area contributed by atoms with Crippen LogP contribution in [0.1, 0.15) is 33.3 Å². The van der Waals surface area contributed by atoms with Crippen LogP contribution in [0.5, 0.6) is 5.75 Å². The molecule has 1 fully saturated rings. The molecule has 0 spiro atoms. The molecule has 1 aliphatic heterocycles. The van der Waals surface area contributed by atoms with Gasteiger partial charge in [0, 0.05) is 31.6 Å². The number of carbonyl (C=O) groups excluding carboxylic acids is 1. The number of amides is 1. The van der Waals surface area contributed by atoms with Crippen molar-refractivity contribution in [3.8, 4) is 5.75 Å². The van der Waals surface area contributed by atoms with E-state index in [1.54, 1.807) is 17.0 Å². The summed E-state index contributed by atoms with van der Waals surface area (Å²) < 4.78 is 32.8. The molecule has 1 aromatic carbocycles. The summed E-state index contributed by atoms with van der Waals surface area (Å²) in [5.41, 5.74) is 0.487. The van der Waals surface area contributed by atoms with Gasteiger partial charge in [-0.05, 0) is 24.1 Å². The van der Waals surface area contributed by atoms with E-state index in [0.29, 0.717) is 31.9 Å². The van der Waals surface area contributed by atoms with Gasteiger partial charge in [-0.15, -0.1) is 0 Å². The largest absolute Gasteiger partial charge is 0.495 e. The van der Waals surface area contributed by atoms with Crippen LogP contribution < -0.4 is 4.74 Å². The first-order chi connectivity index (χ1) is 11.6. The third-order valence-corrected chi connectivity index (χ3v) is 6.34. The molecule has 1 aliphatic rings. The number of hydrogen-bond acceptors (Lipinski definition) is 4. The zero-order chi connectivity index (χ0) is 18.8. The standard InChI is InChI=1S/C18H28N2O4S/c1-6-14-7-8-15(24-5)16(13-14)25(22,23)20-11-9-19(10-12-20)17(21)18(2,3)4/h7-8,13H,6,9-12H2,1-5H3. The van der Waals surface area contributed by atoms with Crippen molar-refractivity contribution < 1.29 is 17.9 Å². The molecular weight excluding hydrogens is 340 g/mol. The first-order valence-electron chi connectivity index (χ1n) is 8.57. The highest BCUT2D eigenvalue weighted by Gasteiger charge is 2.35. The molecule has 0 radical (unpaired) electrons. The fourth-order valence-electron chi connectivity index (χ4n) is 2.89. The smallest absolute Gasteiger partial charge is 0.246 e. The molecule has 0 aliphatic carbocycles. The molecule has 7 heteroatoms. The number of ether oxygens (including phenoxy) is 1. The molecule has 2 rings (SSSR count). The van der Waals surface area contributed by atoms with Gasteiger partial charge >= 0.3 is 0 Å². The SMILES string of the molecule is CCc1ccc(OC)c(S(=O)(=O)N2CCN(C(=O)C(C)(C)C)CC2)c1. The highest BCUT2D eigenvalue weighted by molar-refractivity contribution is 7.89. The fraction of sp³-hybridized carbons (Fsp3) is 0.611. The summed E-state index contributed by atoms with van der Waals surface area (Å²) in [6.07, 6.45) is 0.750. The Morgan fingerprint density at radius 2 is 1.76 bits per heavy atom. The Morgan fingerprint density at radius 1 is 1.16 bits per heavy atom. The van der Waals surface area contributed by atoms with Gasteiger partial charge in [-0.1, -0.05) is 33.8 Å². The lowest BCUT2D eigenvalue weighted by molar-refractivity contribution is -0.140. The summed E-state index contributed by atoms with van der Waals surface area (Å²) in [4.78, 5) is 14.3. The number of hydrogen-bond donors (Lipinski definition) is 0. The summed E-state index contributed by atoms with van der Waals surface area (Å²) in [7, 11) is -2.18. The summed E-state index contributed by atoms with van der Waals surface area (Å²) in [6, 6.07) is 5.25. The van der Waals surface area contributed by atoms with Crippen molar-refractivity contribution >= 4 is 15.9 Å². The molecule has 1 heterocycles. The van der Waals surface area contributed by atoms with E-state index in [-0.39, 0.29) is 10.8 Å². The fourth-order valence-corrected chi connectivity index (χ4v) is 4.52. The van der Waals surface area contributed by atoms with Crippen LogP contribution in [0.3, 0.4) is 0 Å². The van der Waals surface area contributed by atoms with Gasteiger partial charge in [0.15, 0.2) is 0 Å². The van der Waals surface area contributed by atoms with Crippen molar-refractivity contribution in [2.45, 2.75) is 39.0 Å². The quantitative estimate of drug-likeness (QED) is 0.817. The first-order valence-corrected chi connectivity index (χ1v) is 10.0. The average molecular weight is 368 g/mol. The van der Waals surface area contributed by atoms with Gasteiger partial charge in [-0.25, -0.2) is 8.42 Å². The average Bonchev–Trinajstić information content (AvgIpc) is 2.59. The summed E-state index contributed by atoms with van der Waals surface area (Å²) in [6.45, 7) is 9.01. The Bertz CT molecular complexity index is 730. The molecule has 1 saturated heterocycles. The Hall–Kier alpha value is -1.60. The van der Waals surface area contributed by atoms with Crippen LogP contribution in [-0.4, -0.2) is 56.8 Å². The number of nitrogens with zero attached hydrogens (tertiary/aromatic N) is 2. The van der Waals surface area contributed by atoms with Crippen LogP contribution in [-0.2, 0) is 21.2 Å². The van der Waals surface area contributed by atoms with Crippen molar-refractivity contribution in [1.82, 2.24) is 9.21 Å². The molecule has 0 saturated carbocycles. The highest BCUT2D eigenvalue weighted by Crippen LogP contribution is 2.29. The second kappa shape index (κ2) is 7.33. The molecule has 1 amide bonds. The van der Waals surface area contributed by atoms with Crippen LogP contribution in [0, 0.1) is 5.41 Å². The second-order valence-corrected chi connectivity index (χ2v) is 9.19. The van der Waals surface area contributed by atoms with E-state index in [1.807, 2.05) is 33.8 Å². The molecular formula is C18H28N2O4S. The van der Waals surface area contributed by atoms with Crippen molar-refractivity contribution in [3.05, 3.63) is 23.8 Å². The number of rotatable bonds is 4. The maximum atomic E-state index is 13.1. The van der Waals surface area contributed by atoms with E-state index in [1.165, 1.54) is 11.4 Å². The summed E-state index contributed by atoms with van der Waals surface area (Å²) >= 11 is 0. The number of methoxy groups -OCH3 is 1. The van der Waals surface area contributed by atoms with Crippen LogP contribution in [0.2, 0.25) is 0 Å². The predicted octanol–water partition coefficient (Wildman–Crippen LogP) is 2.14. The number of piperazine rings is 1. The number of benzene rings is 1. The lowest BCUT2D eigenvalue weighted by atomic mass is 9.94. The lowest BCUT2D eigenvalue weighted by Gasteiger charge is -2.37. The van der Waals surface area contributed by atoms with Crippen molar-refractivity contribution in [3.63, 3.8) is 0 Å². The van der Waals surface area contributed by atoms with Gasteiger partial charge in [-0.2, -0.15) is 4.31 Å². The molecule has 0 N–H and O–H groups in total. The zero-order valence-electron chi connectivity index (χ0n) is 15.7. The number of carbonyl (C=O) groups is 1. The Balaban J connectivity index is 2.22. The minimum Gasteiger partial charge on any atom is -0.495 e. The van der Waals surface area contributed by atoms with Crippen molar-refractivity contribution in [2.75, 3.05) is 33.3 Å². The van der Waals surface area contributed by atoms with E-state index in [4.69, 9.17) is 4.74 Å². The van der Waals surface area contributed by atoms with Gasteiger partial charge in [0.25, 0.3) is 0 Å². The topological polar surface area (TPSA) is 66.9 Å². The number of aryl methyl sites for hydroxylation is 1. The second-order valence-electron chi connectivity index (χ2n) is 7.29. The Morgan fingerprint density at radius 3 is 2.24 bits per heavy atom. The molecule has 0 bridgehead atoms. The minimum atomic E-state index is -3.65. The maximum Gasteiger partial charge on any atom is 0.246 e. The first kappa shape index (κ1) is 19.7. The van der Waals surface area contributed by atoms with E-state index in [2.05, 4.69) is 0 Å². The Kier molecular flexibility index (Phi) is 5.79. The molecule has 0 atom stereocenters. The molecule has 6 nitrogen and oxygen atoms in total. The highest BCUT2D eigenvalue weighted by atomic mass is 32.2. The van der Waals surface area contributed by atoms with Gasteiger partial charge in [0.05, 0.1) is 7.11 Å². The Labute approximate surface area is 150 Å². The third kappa shape index (κ3) is 4.15. The molecule has 1 aromatic rings. The van der Waals surface area contributed by atoms with Crippen LogP contribution in [0.4, 0.5) is 0 Å². The van der Waals surface area contributed by atoms with Gasteiger partial charge in [0.2, 0.25) is 15.9 Å². The molecule has 25 heavy (non-hydrogen) atoms. The van der Waals surface area contributed by atoms with E-state index >= 15 is 0 Å². The van der Waals surface area contributed by atoms with Crippen LogP contribution in [0.25, 0.3) is 0 Å². The minimum absolute atomic E-state index is 0.0510. The van der Waals surface area contributed by atoms with Crippen LogP contribution >= 0.6 is 0 Å². The zero-order valence-corrected chi connectivity index (χ0v) is 16.5. The lowest BCUT2D eigenvalue weighted by Crippen LogP contribution is -2.52. The van der Waals surface area contributed by atoms with Crippen molar-refractivity contribution in [1.29, 1.82) is 0 Å². The van der Waals surface area contributed by atoms with Gasteiger partial charge in [-0.3, -0.25) is 4.79 Å². The molecule has 0 unspecified atom stereocenters. The third-order valence-electron chi connectivity index (χ3n) is 4.42. The van der Waals surface area contributed by atoms with E-state index in [9.17, 15) is 13.2 Å². The van der Waals surface area contributed by atoms with Gasteiger partial charge < -0.3 is 9.64 Å². The number of sulfonamides is 1. The monoisotopic (exact) mass is 368 g/mol. The summed E-state index contributed by atoms with van der Waals surface area (Å²) in [5, 5.41) is 0.